The first kappa shape index (κ1) is 22.8. The molecule has 0 aromatic heterocycles. The van der Waals surface area contributed by atoms with Gasteiger partial charge in [-0.25, -0.2) is 4.79 Å². The van der Waals surface area contributed by atoms with Crippen molar-refractivity contribution in [2.45, 2.75) is 80.4 Å². The molecule has 0 heterocycles. The standard InChI is InChI=1S/C25H36O5/c1-13(2)9-19(27)29-17-12-18(30-20(28)10-14(3)4)25(8)21-15(5)11-16(26)22(25)23(21)24(17,6)7/h10-11,13,17-18,21-23H,9,12H2,1-8H3/t17-,18-,21+,22-,23+,25-/m1/s1. The maximum Gasteiger partial charge on any atom is 0.330 e. The van der Waals surface area contributed by atoms with Gasteiger partial charge in [0, 0.05) is 35.7 Å². The molecular formula is C25H36O5. The molecule has 0 unspecified atom stereocenters. The summed E-state index contributed by atoms with van der Waals surface area (Å²) in [6.07, 6.45) is 3.10. The monoisotopic (exact) mass is 416 g/mol. The van der Waals surface area contributed by atoms with Crippen LogP contribution in [-0.4, -0.2) is 29.9 Å². The third-order valence-electron chi connectivity index (χ3n) is 7.55. The maximum absolute atomic E-state index is 13.0. The molecule has 6 atom stereocenters. The van der Waals surface area contributed by atoms with Crippen molar-refractivity contribution in [3.63, 3.8) is 0 Å². The van der Waals surface area contributed by atoms with Crippen LogP contribution in [-0.2, 0) is 23.9 Å². The van der Waals surface area contributed by atoms with E-state index in [1.54, 1.807) is 6.08 Å². The lowest BCUT2D eigenvalue weighted by molar-refractivity contribution is -0.202. The fourth-order valence-corrected chi connectivity index (χ4v) is 6.25. The van der Waals surface area contributed by atoms with Crippen molar-refractivity contribution in [3.05, 3.63) is 23.3 Å². The first-order valence-electron chi connectivity index (χ1n) is 11.1. The smallest absolute Gasteiger partial charge is 0.330 e. The molecule has 3 aliphatic carbocycles. The number of fused-ring (bicyclic) bond motifs is 1. The highest BCUT2D eigenvalue weighted by atomic mass is 16.6. The molecule has 5 heteroatoms. The van der Waals surface area contributed by atoms with E-state index in [0.29, 0.717) is 12.8 Å². The first-order chi connectivity index (χ1) is 13.8. The third-order valence-corrected chi connectivity index (χ3v) is 7.55. The Balaban J connectivity index is 2.01. The summed E-state index contributed by atoms with van der Waals surface area (Å²) >= 11 is 0. The lowest BCUT2D eigenvalue weighted by Crippen LogP contribution is -2.67. The van der Waals surface area contributed by atoms with Gasteiger partial charge in [-0.05, 0) is 44.6 Å². The van der Waals surface area contributed by atoms with E-state index >= 15 is 0 Å². The lowest BCUT2D eigenvalue weighted by Gasteiger charge is -2.65. The molecule has 2 fully saturated rings. The number of esters is 2. The van der Waals surface area contributed by atoms with Gasteiger partial charge in [-0.1, -0.05) is 45.8 Å². The number of rotatable bonds is 5. The van der Waals surface area contributed by atoms with Gasteiger partial charge in [-0.15, -0.1) is 0 Å². The number of ether oxygens (including phenoxy) is 2. The van der Waals surface area contributed by atoms with E-state index in [-0.39, 0.29) is 35.4 Å². The molecule has 2 saturated carbocycles. The van der Waals surface area contributed by atoms with Gasteiger partial charge >= 0.3 is 11.9 Å². The molecule has 0 aromatic rings. The highest BCUT2D eigenvalue weighted by Crippen LogP contribution is 2.72. The molecule has 0 N–H and O–H groups in total. The highest BCUT2D eigenvalue weighted by Gasteiger charge is 2.74. The van der Waals surface area contributed by atoms with Crippen molar-refractivity contribution in [2.75, 3.05) is 0 Å². The van der Waals surface area contributed by atoms with E-state index in [0.717, 1.165) is 11.1 Å². The summed E-state index contributed by atoms with van der Waals surface area (Å²) in [6.45, 7) is 15.9. The van der Waals surface area contributed by atoms with Crippen molar-refractivity contribution in [1.29, 1.82) is 0 Å². The second-order valence-electron chi connectivity index (χ2n) is 10.9. The third kappa shape index (κ3) is 3.54. The summed E-state index contributed by atoms with van der Waals surface area (Å²) in [5.74, 6) is -0.339. The van der Waals surface area contributed by atoms with E-state index in [4.69, 9.17) is 9.47 Å². The van der Waals surface area contributed by atoms with Gasteiger partial charge < -0.3 is 9.47 Å². The second-order valence-corrected chi connectivity index (χ2v) is 10.9. The number of hydrogen-bond donors (Lipinski definition) is 0. The fraction of sp³-hybridized carbons (Fsp3) is 0.720. The van der Waals surface area contributed by atoms with E-state index < -0.39 is 29.0 Å². The van der Waals surface area contributed by atoms with Gasteiger partial charge in [0.25, 0.3) is 0 Å². The van der Waals surface area contributed by atoms with Gasteiger partial charge in [0.15, 0.2) is 5.78 Å². The molecule has 30 heavy (non-hydrogen) atoms. The van der Waals surface area contributed by atoms with Crippen molar-refractivity contribution < 1.29 is 23.9 Å². The van der Waals surface area contributed by atoms with Crippen molar-refractivity contribution in [1.82, 2.24) is 0 Å². The van der Waals surface area contributed by atoms with Gasteiger partial charge in [0.05, 0.1) is 0 Å². The average molecular weight is 417 g/mol. The molecule has 166 valence electrons. The molecule has 0 saturated heterocycles. The summed E-state index contributed by atoms with van der Waals surface area (Å²) in [5, 5.41) is 0. The van der Waals surface area contributed by atoms with Crippen LogP contribution in [0.3, 0.4) is 0 Å². The van der Waals surface area contributed by atoms with Crippen LogP contribution in [0.1, 0.15) is 68.2 Å². The molecule has 0 amide bonds. The van der Waals surface area contributed by atoms with Crippen LogP contribution in [0.25, 0.3) is 0 Å². The first-order valence-corrected chi connectivity index (χ1v) is 11.1. The van der Waals surface area contributed by atoms with Crippen molar-refractivity contribution in [3.8, 4) is 0 Å². The van der Waals surface area contributed by atoms with Crippen LogP contribution >= 0.6 is 0 Å². The molecular weight excluding hydrogens is 380 g/mol. The van der Waals surface area contributed by atoms with Gasteiger partial charge in [-0.2, -0.15) is 0 Å². The fourth-order valence-electron chi connectivity index (χ4n) is 6.25. The normalized spacial score (nSPS) is 36.2. The molecule has 0 radical (unpaired) electrons. The summed E-state index contributed by atoms with van der Waals surface area (Å²) < 4.78 is 12.0. The average Bonchev–Trinajstić information content (AvgIpc) is 2.66. The minimum Gasteiger partial charge on any atom is -0.462 e. The van der Waals surface area contributed by atoms with Crippen LogP contribution in [0.5, 0.6) is 0 Å². The topological polar surface area (TPSA) is 69.7 Å². The predicted octanol–water partition coefficient (Wildman–Crippen LogP) is 4.65. The van der Waals surface area contributed by atoms with Gasteiger partial charge in [0.2, 0.25) is 0 Å². The predicted molar refractivity (Wildman–Crippen MR) is 114 cm³/mol. The van der Waals surface area contributed by atoms with E-state index in [1.807, 2.05) is 34.6 Å². The van der Waals surface area contributed by atoms with Crippen LogP contribution in [0.15, 0.2) is 23.3 Å². The largest absolute Gasteiger partial charge is 0.462 e. The molecule has 0 spiro atoms. The Morgan fingerprint density at radius 2 is 1.77 bits per heavy atom. The van der Waals surface area contributed by atoms with Crippen LogP contribution in [0.4, 0.5) is 0 Å². The number of carbonyl (C=O) groups excluding carboxylic acids is 3. The number of carbonyl (C=O) groups is 3. The molecule has 0 aromatic carbocycles. The summed E-state index contributed by atoms with van der Waals surface area (Å²) in [7, 11) is 0. The van der Waals surface area contributed by atoms with E-state index in [1.165, 1.54) is 6.08 Å². The Morgan fingerprint density at radius 3 is 2.30 bits per heavy atom. The Labute approximate surface area is 180 Å². The zero-order valence-electron chi connectivity index (χ0n) is 19.6. The number of ketones is 1. The molecule has 3 rings (SSSR count). The summed E-state index contributed by atoms with van der Waals surface area (Å²) in [4.78, 5) is 38.2. The Morgan fingerprint density at radius 1 is 1.13 bits per heavy atom. The van der Waals surface area contributed by atoms with Crippen LogP contribution in [0, 0.1) is 34.5 Å². The minimum absolute atomic E-state index is 0.0732. The molecule has 4 bridgehead atoms. The van der Waals surface area contributed by atoms with Crippen LogP contribution in [0.2, 0.25) is 0 Å². The quantitative estimate of drug-likeness (QED) is 0.482. The van der Waals surface area contributed by atoms with Crippen molar-refractivity contribution in [2.24, 2.45) is 34.5 Å². The van der Waals surface area contributed by atoms with E-state index in [2.05, 4.69) is 20.8 Å². The number of allylic oxidation sites excluding steroid dienone is 3. The number of hydrogen-bond acceptors (Lipinski definition) is 5. The zero-order valence-corrected chi connectivity index (χ0v) is 19.6. The Kier molecular flexibility index (Phi) is 5.81. The Bertz CT molecular complexity index is 813. The summed E-state index contributed by atoms with van der Waals surface area (Å²) in [6, 6.07) is 0. The highest BCUT2D eigenvalue weighted by molar-refractivity contribution is 5.97. The summed E-state index contributed by atoms with van der Waals surface area (Å²) in [5.41, 5.74) is 1.03. The minimum atomic E-state index is -0.488. The van der Waals surface area contributed by atoms with Gasteiger partial charge in [0.1, 0.15) is 12.2 Å². The SMILES string of the molecule is CC(C)=CC(=O)O[C@@H]1C[C@@H](OC(=O)CC(C)C)C(C)(C)[C@@H]2[C@H]3C(=O)C=C(C)[C@@H]2[C@]31C. The van der Waals surface area contributed by atoms with E-state index in [9.17, 15) is 14.4 Å². The molecule has 0 aliphatic heterocycles. The van der Waals surface area contributed by atoms with Crippen molar-refractivity contribution >= 4 is 17.7 Å². The van der Waals surface area contributed by atoms with Gasteiger partial charge in [-0.3, -0.25) is 9.59 Å². The molecule has 3 aliphatic rings. The zero-order chi connectivity index (χ0) is 22.6. The Hall–Kier alpha value is -1.91. The maximum atomic E-state index is 13.0. The second kappa shape index (κ2) is 7.65. The van der Waals surface area contributed by atoms with Crippen LogP contribution < -0.4 is 0 Å². The lowest BCUT2D eigenvalue weighted by atomic mass is 9.37. The molecule has 5 nitrogen and oxygen atoms in total.